The van der Waals surface area contributed by atoms with Gasteiger partial charge in [0.1, 0.15) is 5.75 Å². The van der Waals surface area contributed by atoms with E-state index in [9.17, 15) is 0 Å². The van der Waals surface area contributed by atoms with E-state index < -0.39 is 0 Å². The molecule has 2 rings (SSSR count). The van der Waals surface area contributed by atoms with Crippen molar-refractivity contribution in [3.8, 4) is 5.75 Å². The van der Waals surface area contributed by atoms with Crippen molar-refractivity contribution in [1.29, 1.82) is 0 Å². The number of rotatable bonds is 5. The van der Waals surface area contributed by atoms with Crippen LogP contribution in [-0.4, -0.2) is 69.8 Å². The summed E-state index contributed by atoms with van der Waals surface area (Å²) in [5.41, 5.74) is 1.29. The van der Waals surface area contributed by atoms with E-state index in [1.807, 2.05) is 6.07 Å². The van der Waals surface area contributed by atoms with Gasteiger partial charge in [0.2, 0.25) is 0 Å². The summed E-state index contributed by atoms with van der Waals surface area (Å²) in [7, 11) is 8.20. The minimum atomic E-state index is 0.418. The summed E-state index contributed by atoms with van der Waals surface area (Å²) in [6.45, 7) is 3.37. The van der Waals surface area contributed by atoms with Gasteiger partial charge in [-0.05, 0) is 51.3 Å². The van der Waals surface area contributed by atoms with Crippen LogP contribution in [0.5, 0.6) is 5.75 Å². The maximum atomic E-state index is 5.35. The molecule has 1 fully saturated rings. The van der Waals surface area contributed by atoms with E-state index in [1.54, 1.807) is 7.11 Å². The van der Waals surface area contributed by atoms with Crippen LogP contribution >= 0.6 is 15.9 Å². The van der Waals surface area contributed by atoms with Crippen molar-refractivity contribution in [2.24, 2.45) is 0 Å². The Kier molecular flexibility index (Phi) is 6.05. The quantitative estimate of drug-likeness (QED) is 0.871. The molecule has 1 heterocycles. The third-order valence-electron chi connectivity index (χ3n) is 4.43. The monoisotopic (exact) mass is 355 g/mol. The molecule has 1 N–H and O–H groups in total. The van der Waals surface area contributed by atoms with Crippen molar-refractivity contribution >= 4 is 15.9 Å². The molecule has 1 aliphatic heterocycles. The molecule has 2 atom stereocenters. The molecule has 0 spiro atoms. The molecule has 5 heteroatoms. The summed E-state index contributed by atoms with van der Waals surface area (Å²) in [6, 6.07) is 7.12. The van der Waals surface area contributed by atoms with Crippen LogP contribution in [-0.2, 0) is 6.42 Å². The predicted molar refractivity (Wildman–Crippen MR) is 91.2 cm³/mol. The fourth-order valence-corrected chi connectivity index (χ4v) is 3.39. The fourth-order valence-electron chi connectivity index (χ4n) is 2.98. The van der Waals surface area contributed by atoms with Crippen LogP contribution in [0.1, 0.15) is 5.56 Å². The first kappa shape index (κ1) is 16.7. The molecule has 4 nitrogen and oxygen atoms in total. The van der Waals surface area contributed by atoms with Crippen LogP contribution in [0.4, 0.5) is 0 Å². The lowest BCUT2D eigenvalue weighted by Gasteiger charge is -2.42. The van der Waals surface area contributed by atoms with E-state index in [-0.39, 0.29) is 0 Å². The average molecular weight is 356 g/mol. The molecule has 0 bridgehead atoms. The standard InChI is InChI=1S/C16H26BrN3O/c1-18-15(16-11-19(2)7-8-20(16)3)10-12-9-13(21-4)5-6-14(12)17/h5-6,9,15-16,18H,7-8,10-11H2,1-4H3. The first-order valence-corrected chi connectivity index (χ1v) is 8.23. The molecule has 1 aromatic carbocycles. The maximum Gasteiger partial charge on any atom is 0.119 e. The predicted octanol–water partition coefficient (Wildman–Crippen LogP) is 1.83. The molecule has 1 saturated heterocycles. The average Bonchev–Trinajstić information content (AvgIpc) is 2.49. The van der Waals surface area contributed by atoms with Crippen molar-refractivity contribution in [2.45, 2.75) is 18.5 Å². The Morgan fingerprint density at radius 2 is 2.14 bits per heavy atom. The largest absolute Gasteiger partial charge is 0.497 e. The van der Waals surface area contributed by atoms with E-state index in [1.165, 1.54) is 5.56 Å². The fraction of sp³-hybridized carbons (Fsp3) is 0.625. The Balaban J connectivity index is 2.14. The topological polar surface area (TPSA) is 27.7 Å². The van der Waals surface area contributed by atoms with Gasteiger partial charge in [-0.2, -0.15) is 0 Å². The Bertz CT molecular complexity index is 469. The van der Waals surface area contributed by atoms with Crippen molar-refractivity contribution in [1.82, 2.24) is 15.1 Å². The molecule has 0 saturated carbocycles. The highest BCUT2D eigenvalue weighted by Crippen LogP contribution is 2.25. The van der Waals surface area contributed by atoms with Gasteiger partial charge in [0.15, 0.2) is 0 Å². The van der Waals surface area contributed by atoms with E-state index in [4.69, 9.17) is 4.74 Å². The number of likely N-dealkylation sites (N-methyl/N-ethyl adjacent to an activating group) is 3. The third-order valence-corrected chi connectivity index (χ3v) is 5.20. The summed E-state index contributed by atoms with van der Waals surface area (Å²) in [5.74, 6) is 0.914. The van der Waals surface area contributed by atoms with Gasteiger partial charge in [-0.1, -0.05) is 15.9 Å². The highest BCUT2D eigenvalue weighted by atomic mass is 79.9. The van der Waals surface area contributed by atoms with Gasteiger partial charge in [0.25, 0.3) is 0 Å². The molecular formula is C16H26BrN3O. The van der Waals surface area contributed by atoms with E-state index in [2.05, 4.69) is 64.3 Å². The van der Waals surface area contributed by atoms with Crippen LogP contribution < -0.4 is 10.1 Å². The second kappa shape index (κ2) is 7.58. The van der Waals surface area contributed by atoms with Gasteiger partial charge >= 0.3 is 0 Å². The molecular weight excluding hydrogens is 330 g/mol. The third kappa shape index (κ3) is 4.19. The van der Waals surface area contributed by atoms with Gasteiger partial charge in [-0.3, -0.25) is 4.90 Å². The summed E-state index contributed by atoms with van der Waals surface area (Å²) < 4.78 is 6.50. The highest BCUT2D eigenvalue weighted by Gasteiger charge is 2.29. The number of ether oxygens (including phenoxy) is 1. The van der Waals surface area contributed by atoms with Crippen LogP contribution in [0.25, 0.3) is 0 Å². The Labute approximate surface area is 136 Å². The second-order valence-electron chi connectivity index (χ2n) is 5.87. The maximum absolute atomic E-state index is 5.35. The summed E-state index contributed by atoms with van der Waals surface area (Å²) in [5, 5.41) is 3.51. The first-order valence-electron chi connectivity index (χ1n) is 7.43. The van der Waals surface area contributed by atoms with Crippen LogP contribution in [0.3, 0.4) is 0 Å². The van der Waals surface area contributed by atoms with Gasteiger partial charge < -0.3 is 15.0 Å². The molecule has 1 aliphatic rings. The SMILES string of the molecule is CNC(Cc1cc(OC)ccc1Br)C1CN(C)CCN1C. The van der Waals surface area contributed by atoms with Crippen LogP contribution in [0.15, 0.2) is 22.7 Å². The lowest BCUT2D eigenvalue weighted by Crippen LogP contribution is -2.58. The Morgan fingerprint density at radius 3 is 2.81 bits per heavy atom. The van der Waals surface area contributed by atoms with Gasteiger partial charge in [0, 0.05) is 36.2 Å². The Hall–Kier alpha value is -0.620. The van der Waals surface area contributed by atoms with Crippen LogP contribution in [0.2, 0.25) is 0 Å². The summed E-state index contributed by atoms with van der Waals surface area (Å²) in [6.07, 6.45) is 0.983. The van der Waals surface area contributed by atoms with Crippen LogP contribution in [0, 0.1) is 0 Å². The zero-order valence-corrected chi connectivity index (χ0v) is 15.0. The minimum Gasteiger partial charge on any atom is -0.497 e. The van der Waals surface area contributed by atoms with Crippen molar-refractivity contribution in [3.63, 3.8) is 0 Å². The summed E-state index contributed by atoms with van der Waals surface area (Å²) >= 11 is 3.66. The van der Waals surface area contributed by atoms with Crippen molar-refractivity contribution in [3.05, 3.63) is 28.2 Å². The molecule has 0 aliphatic carbocycles. The number of hydrogen-bond donors (Lipinski definition) is 1. The second-order valence-corrected chi connectivity index (χ2v) is 6.72. The number of halogens is 1. The lowest BCUT2D eigenvalue weighted by molar-refractivity contribution is 0.0896. The first-order chi connectivity index (χ1) is 10.0. The van der Waals surface area contributed by atoms with Gasteiger partial charge in [0.05, 0.1) is 7.11 Å². The van der Waals surface area contributed by atoms with Crippen molar-refractivity contribution in [2.75, 3.05) is 47.9 Å². The number of nitrogens with zero attached hydrogens (tertiary/aromatic N) is 2. The number of benzene rings is 1. The van der Waals surface area contributed by atoms with E-state index in [0.717, 1.165) is 36.3 Å². The minimum absolute atomic E-state index is 0.418. The number of hydrogen-bond acceptors (Lipinski definition) is 4. The Morgan fingerprint density at radius 1 is 1.38 bits per heavy atom. The molecule has 0 radical (unpaired) electrons. The lowest BCUT2D eigenvalue weighted by atomic mass is 9.96. The van der Waals surface area contributed by atoms with E-state index >= 15 is 0 Å². The molecule has 21 heavy (non-hydrogen) atoms. The number of methoxy groups -OCH3 is 1. The number of piperazine rings is 1. The van der Waals surface area contributed by atoms with Crippen molar-refractivity contribution < 1.29 is 4.74 Å². The highest BCUT2D eigenvalue weighted by molar-refractivity contribution is 9.10. The van der Waals surface area contributed by atoms with Gasteiger partial charge in [-0.15, -0.1) is 0 Å². The smallest absolute Gasteiger partial charge is 0.119 e. The zero-order valence-electron chi connectivity index (χ0n) is 13.4. The molecule has 118 valence electrons. The normalized spacial score (nSPS) is 22.2. The number of nitrogens with one attached hydrogen (secondary N) is 1. The molecule has 0 aromatic heterocycles. The van der Waals surface area contributed by atoms with E-state index in [0.29, 0.717) is 12.1 Å². The molecule has 0 amide bonds. The zero-order chi connectivity index (χ0) is 15.4. The molecule has 1 aromatic rings. The molecule has 2 unspecified atom stereocenters. The summed E-state index contributed by atoms with van der Waals surface area (Å²) in [4.78, 5) is 4.88. The van der Waals surface area contributed by atoms with Gasteiger partial charge in [-0.25, -0.2) is 0 Å².